The third-order valence-corrected chi connectivity index (χ3v) is 3.72. The number of hydrogen-bond acceptors (Lipinski definition) is 6. The molecule has 0 unspecified atom stereocenters. The van der Waals surface area contributed by atoms with Crippen LogP contribution in [0.3, 0.4) is 0 Å². The predicted molar refractivity (Wildman–Crippen MR) is 97.0 cm³/mol. The Balaban J connectivity index is 1.67. The first-order valence-corrected chi connectivity index (χ1v) is 7.87. The van der Waals surface area contributed by atoms with Gasteiger partial charge in [0.25, 0.3) is 0 Å². The molecule has 0 aliphatic heterocycles. The fraction of sp³-hybridized carbons (Fsp3) is 0.0526. The van der Waals surface area contributed by atoms with E-state index in [-0.39, 0.29) is 5.75 Å². The average molecular weight is 332 g/mol. The Kier molecular flexibility index (Phi) is 3.92. The van der Waals surface area contributed by atoms with Gasteiger partial charge in [0.2, 0.25) is 5.95 Å². The Bertz CT molecular complexity index is 999. The van der Waals surface area contributed by atoms with Gasteiger partial charge in [0.05, 0.1) is 18.3 Å². The molecule has 124 valence electrons. The molecule has 0 saturated heterocycles. The van der Waals surface area contributed by atoms with E-state index in [9.17, 15) is 5.11 Å². The van der Waals surface area contributed by atoms with E-state index in [1.54, 1.807) is 24.5 Å². The molecular weight excluding hydrogens is 316 g/mol. The van der Waals surface area contributed by atoms with Gasteiger partial charge in [-0.15, -0.1) is 0 Å². The summed E-state index contributed by atoms with van der Waals surface area (Å²) in [5.74, 6) is 2.17. The van der Waals surface area contributed by atoms with Crippen LogP contribution in [0.4, 0.5) is 17.5 Å². The van der Waals surface area contributed by atoms with Crippen molar-refractivity contribution in [2.24, 2.45) is 0 Å². The second kappa shape index (κ2) is 6.52. The minimum absolute atomic E-state index is 0.182. The van der Waals surface area contributed by atoms with Crippen LogP contribution in [0.15, 0.2) is 71.3 Å². The van der Waals surface area contributed by atoms with Gasteiger partial charge < -0.3 is 20.2 Å². The van der Waals surface area contributed by atoms with Gasteiger partial charge in [-0.2, -0.15) is 4.98 Å². The van der Waals surface area contributed by atoms with Crippen LogP contribution in [-0.2, 0) is 6.54 Å². The predicted octanol–water partition coefficient (Wildman–Crippen LogP) is 4.28. The number of aromatic hydroxyl groups is 1. The largest absolute Gasteiger partial charge is 0.508 e. The highest BCUT2D eigenvalue weighted by Gasteiger charge is 2.08. The van der Waals surface area contributed by atoms with E-state index in [2.05, 4.69) is 20.6 Å². The van der Waals surface area contributed by atoms with Gasteiger partial charge in [0.1, 0.15) is 17.3 Å². The van der Waals surface area contributed by atoms with Crippen molar-refractivity contribution in [2.45, 2.75) is 6.54 Å². The van der Waals surface area contributed by atoms with Crippen molar-refractivity contribution in [3.63, 3.8) is 0 Å². The van der Waals surface area contributed by atoms with E-state index in [0.717, 1.165) is 16.7 Å². The van der Waals surface area contributed by atoms with Crippen LogP contribution in [0.5, 0.6) is 5.75 Å². The molecule has 0 amide bonds. The van der Waals surface area contributed by atoms with Crippen LogP contribution >= 0.6 is 0 Å². The summed E-state index contributed by atoms with van der Waals surface area (Å²) in [6.45, 7) is 0.527. The summed E-state index contributed by atoms with van der Waals surface area (Å²) in [4.78, 5) is 9.11. The molecule has 0 saturated carbocycles. The van der Waals surface area contributed by atoms with Crippen molar-refractivity contribution < 1.29 is 9.52 Å². The van der Waals surface area contributed by atoms with E-state index < -0.39 is 0 Å². The fourth-order valence-corrected chi connectivity index (χ4v) is 2.56. The smallest absolute Gasteiger partial charge is 0.229 e. The molecule has 0 spiro atoms. The number of rotatable bonds is 5. The lowest BCUT2D eigenvalue weighted by atomic mass is 10.2. The van der Waals surface area contributed by atoms with Crippen molar-refractivity contribution in [1.82, 2.24) is 9.97 Å². The second-order valence-corrected chi connectivity index (χ2v) is 5.52. The van der Waals surface area contributed by atoms with Crippen molar-refractivity contribution in [3.05, 3.63) is 72.7 Å². The Morgan fingerprint density at radius 1 is 0.960 bits per heavy atom. The zero-order valence-corrected chi connectivity index (χ0v) is 13.3. The number of furan rings is 1. The Labute approximate surface area is 144 Å². The van der Waals surface area contributed by atoms with Crippen molar-refractivity contribution in [2.75, 3.05) is 10.6 Å². The van der Waals surface area contributed by atoms with E-state index in [1.165, 1.54) is 0 Å². The summed E-state index contributed by atoms with van der Waals surface area (Å²) in [6.07, 6.45) is 1.64. The van der Waals surface area contributed by atoms with E-state index >= 15 is 0 Å². The maximum atomic E-state index is 9.60. The lowest BCUT2D eigenvalue weighted by Gasteiger charge is -2.11. The number of phenols is 1. The number of phenolic OH excluding ortho intramolecular Hbond substituents is 1. The normalized spacial score (nSPS) is 10.7. The van der Waals surface area contributed by atoms with Gasteiger partial charge in [-0.3, -0.25) is 0 Å². The van der Waals surface area contributed by atoms with Gasteiger partial charge in [0, 0.05) is 17.1 Å². The van der Waals surface area contributed by atoms with Crippen LogP contribution < -0.4 is 10.6 Å². The standard InChI is InChI=1S/C19H16N4O2/c24-14-6-3-5-13(11-14)21-19-22-17-9-2-1-8-16(17)18(23-19)20-12-15-7-4-10-25-15/h1-11,24H,12H2,(H2,20,21,22,23). The summed E-state index contributed by atoms with van der Waals surface area (Å²) < 4.78 is 5.36. The van der Waals surface area contributed by atoms with Crippen LogP contribution in [0, 0.1) is 0 Å². The third-order valence-electron chi connectivity index (χ3n) is 3.72. The first-order chi connectivity index (χ1) is 12.3. The molecule has 2 heterocycles. The first-order valence-electron chi connectivity index (χ1n) is 7.87. The Hall–Kier alpha value is -3.54. The number of hydrogen-bond donors (Lipinski definition) is 3. The molecule has 6 heteroatoms. The Morgan fingerprint density at radius 3 is 2.72 bits per heavy atom. The van der Waals surface area contributed by atoms with Gasteiger partial charge in [-0.1, -0.05) is 18.2 Å². The number of para-hydroxylation sites is 1. The number of anilines is 3. The van der Waals surface area contributed by atoms with Crippen LogP contribution in [-0.4, -0.2) is 15.1 Å². The summed E-state index contributed by atoms with van der Waals surface area (Å²) in [5.41, 5.74) is 1.54. The maximum absolute atomic E-state index is 9.60. The molecule has 6 nitrogen and oxygen atoms in total. The third kappa shape index (κ3) is 3.37. The number of benzene rings is 2. The monoisotopic (exact) mass is 332 g/mol. The van der Waals surface area contributed by atoms with E-state index in [0.29, 0.717) is 24.0 Å². The lowest BCUT2D eigenvalue weighted by molar-refractivity contribution is 0.475. The first kappa shape index (κ1) is 15.0. The molecule has 0 aliphatic carbocycles. The summed E-state index contributed by atoms with van der Waals surface area (Å²) in [7, 11) is 0. The number of aromatic nitrogens is 2. The van der Waals surface area contributed by atoms with Crippen molar-refractivity contribution in [1.29, 1.82) is 0 Å². The number of fused-ring (bicyclic) bond motifs is 1. The van der Waals surface area contributed by atoms with Crippen LogP contribution in [0.2, 0.25) is 0 Å². The highest BCUT2D eigenvalue weighted by molar-refractivity contribution is 5.90. The molecule has 0 radical (unpaired) electrons. The highest BCUT2D eigenvalue weighted by Crippen LogP contribution is 2.25. The molecule has 0 bridgehead atoms. The second-order valence-electron chi connectivity index (χ2n) is 5.52. The average Bonchev–Trinajstić information content (AvgIpc) is 3.13. The van der Waals surface area contributed by atoms with Crippen molar-refractivity contribution >= 4 is 28.4 Å². The summed E-state index contributed by atoms with van der Waals surface area (Å²) in [6, 6.07) is 18.4. The van der Waals surface area contributed by atoms with Gasteiger partial charge in [0.15, 0.2) is 0 Å². The number of nitrogens with one attached hydrogen (secondary N) is 2. The molecule has 2 aromatic heterocycles. The van der Waals surface area contributed by atoms with E-state index in [1.807, 2.05) is 42.5 Å². The maximum Gasteiger partial charge on any atom is 0.229 e. The topological polar surface area (TPSA) is 83.2 Å². The lowest BCUT2D eigenvalue weighted by Crippen LogP contribution is -2.05. The van der Waals surface area contributed by atoms with Crippen LogP contribution in [0.1, 0.15) is 5.76 Å². The molecule has 4 rings (SSSR count). The molecule has 4 aromatic rings. The molecule has 25 heavy (non-hydrogen) atoms. The fourth-order valence-electron chi connectivity index (χ4n) is 2.56. The zero-order chi connectivity index (χ0) is 17.1. The SMILES string of the molecule is Oc1cccc(Nc2nc(NCc3ccco3)c3ccccc3n2)c1. The van der Waals surface area contributed by atoms with Gasteiger partial charge in [-0.05, 0) is 36.4 Å². The molecule has 0 aliphatic rings. The molecule has 3 N–H and O–H groups in total. The van der Waals surface area contributed by atoms with Gasteiger partial charge >= 0.3 is 0 Å². The highest BCUT2D eigenvalue weighted by atomic mass is 16.3. The minimum atomic E-state index is 0.182. The van der Waals surface area contributed by atoms with Gasteiger partial charge in [-0.25, -0.2) is 4.98 Å². The molecular formula is C19H16N4O2. The molecule has 2 aromatic carbocycles. The van der Waals surface area contributed by atoms with E-state index in [4.69, 9.17) is 4.42 Å². The summed E-state index contributed by atoms with van der Waals surface area (Å²) >= 11 is 0. The molecule has 0 atom stereocenters. The Morgan fingerprint density at radius 2 is 1.88 bits per heavy atom. The van der Waals surface area contributed by atoms with Crippen LogP contribution in [0.25, 0.3) is 10.9 Å². The quantitative estimate of drug-likeness (QED) is 0.506. The number of nitrogens with zero attached hydrogens (tertiary/aromatic N) is 2. The zero-order valence-electron chi connectivity index (χ0n) is 13.3. The summed E-state index contributed by atoms with van der Waals surface area (Å²) in [5, 5.41) is 16.9. The molecule has 0 fully saturated rings. The minimum Gasteiger partial charge on any atom is -0.508 e. The van der Waals surface area contributed by atoms with Crippen molar-refractivity contribution in [3.8, 4) is 5.75 Å².